The summed E-state index contributed by atoms with van der Waals surface area (Å²) in [5.41, 5.74) is 2.81. The Kier molecular flexibility index (Phi) is 5.26. The number of carbonyl (C=O) groups is 1. The zero-order chi connectivity index (χ0) is 19.6. The molecular formula is C21H23FO5. The van der Waals surface area contributed by atoms with E-state index in [0.717, 1.165) is 35.0 Å². The molecule has 6 heteroatoms. The third-order valence-electron chi connectivity index (χ3n) is 4.53. The summed E-state index contributed by atoms with van der Waals surface area (Å²) in [6.07, 6.45) is 1.48. The Hall–Kier alpha value is -2.76. The van der Waals surface area contributed by atoms with Crippen LogP contribution < -0.4 is 9.47 Å². The molecule has 2 aromatic rings. The maximum absolute atomic E-state index is 13.8. The highest BCUT2D eigenvalue weighted by molar-refractivity contribution is 5.53. The van der Waals surface area contributed by atoms with Gasteiger partial charge in [0.15, 0.2) is 0 Å². The fourth-order valence-corrected chi connectivity index (χ4v) is 3.27. The molecular weight excluding hydrogens is 351 g/mol. The summed E-state index contributed by atoms with van der Waals surface area (Å²) < 4.78 is 25.7. The van der Waals surface area contributed by atoms with Gasteiger partial charge in [0.1, 0.15) is 29.5 Å². The highest BCUT2D eigenvalue weighted by Gasteiger charge is 2.32. The van der Waals surface area contributed by atoms with Crippen molar-refractivity contribution < 1.29 is 28.9 Å². The number of hydrogen-bond acceptors (Lipinski definition) is 3. The first-order valence-electron chi connectivity index (χ1n) is 8.88. The van der Waals surface area contributed by atoms with Crippen LogP contribution in [-0.2, 0) is 13.0 Å². The topological polar surface area (TPSA) is 76.0 Å². The van der Waals surface area contributed by atoms with Crippen LogP contribution in [0.4, 0.5) is 9.18 Å². The summed E-state index contributed by atoms with van der Waals surface area (Å²) in [4.78, 5) is 8.56. The van der Waals surface area contributed by atoms with Gasteiger partial charge in [-0.25, -0.2) is 9.18 Å². The van der Waals surface area contributed by atoms with E-state index in [9.17, 15) is 4.39 Å². The minimum absolute atomic E-state index is 0.229. The van der Waals surface area contributed by atoms with Gasteiger partial charge in [-0.1, -0.05) is 12.1 Å². The zero-order valence-electron chi connectivity index (χ0n) is 15.4. The van der Waals surface area contributed by atoms with Crippen molar-refractivity contribution in [3.8, 4) is 11.5 Å². The average Bonchev–Trinajstić information content (AvgIpc) is 3.35. The second-order valence-corrected chi connectivity index (χ2v) is 7.51. The lowest BCUT2D eigenvalue weighted by molar-refractivity contribution is 0.134. The number of halogens is 1. The predicted molar refractivity (Wildman–Crippen MR) is 98.2 cm³/mol. The van der Waals surface area contributed by atoms with Gasteiger partial charge in [0.2, 0.25) is 0 Å². The largest absolute Gasteiger partial charge is 0.503 e. The van der Waals surface area contributed by atoms with E-state index in [2.05, 4.69) is 12.1 Å². The minimum Gasteiger partial charge on any atom is -0.489 e. The maximum atomic E-state index is 13.8. The van der Waals surface area contributed by atoms with Crippen molar-refractivity contribution >= 4 is 6.16 Å². The first kappa shape index (κ1) is 19.0. The van der Waals surface area contributed by atoms with E-state index < -0.39 is 6.16 Å². The summed E-state index contributed by atoms with van der Waals surface area (Å²) in [5, 5.41) is 13.9. The SMILES string of the molecule is CC1(C)Cc2cc(F)cc(COc3ccc(C4CC4)cc3)c2O1.O=C(O)O. The molecule has 1 aliphatic carbocycles. The first-order valence-corrected chi connectivity index (χ1v) is 8.88. The summed E-state index contributed by atoms with van der Waals surface area (Å²) in [6, 6.07) is 11.3. The molecule has 2 aromatic carbocycles. The van der Waals surface area contributed by atoms with Crippen molar-refractivity contribution in [2.75, 3.05) is 0 Å². The zero-order valence-corrected chi connectivity index (χ0v) is 15.4. The smallest absolute Gasteiger partial charge is 0.489 e. The van der Waals surface area contributed by atoms with Gasteiger partial charge in [-0.05, 0) is 62.4 Å². The molecule has 1 saturated carbocycles. The Morgan fingerprint density at radius 2 is 1.85 bits per heavy atom. The Balaban J connectivity index is 0.000000481. The quantitative estimate of drug-likeness (QED) is 0.767. The Morgan fingerprint density at radius 1 is 1.22 bits per heavy atom. The highest BCUT2D eigenvalue weighted by Crippen LogP contribution is 2.41. The number of carboxylic acid groups (broad SMARTS) is 2. The van der Waals surface area contributed by atoms with Crippen LogP contribution in [0, 0.1) is 5.82 Å². The molecule has 1 fully saturated rings. The van der Waals surface area contributed by atoms with Crippen LogP contribution in [0.1, 0.15) is 49.3 Å². The molecule has 27 heavy (non-hydrogen) atoms. The van der Waals surface area contributed by atoms with Gasteiger partial charge in [0.25, 0.3) is 0 Å². The summed E-state index contributed by atoms with van der Waals surface area (Å²) in [6.45, 7) is 4.36. The molecule has 5 nitrogen and oxygen atoms in total. The third-order valence-corrected chi connectivity index (χ3v) is 4.53. The van der Waals surface area contributed by atoms with E-state index in [1.165, 1.54) is 24.5 Å². The fourth-order valence-electron chi connectivity index (χ4n) is 3.27. The number of fused-ring (bicyclic) bond motifs is 1. The Bertz CT molecular complexity index is 821. The van der Waals surface area contributed by atoms with Crippen LogP contribution in [0.2, 0.25) is 0 Å². The van der Waals surface area contributed by atoms with Crippen molar-refractivity contribution in [1.29, 1.82) is 0 Å². The fraction of sp³-hybridized carbons (Fsp3) is 0.381. The molecule has 0 radical (unpaired) electrons. The van der Waals surface area contributed by atoms with Crippen molar-refractivity contribution in [3.63, 3.8) is 0 Å². The number of ether oxygens (including phenoxy) is 2. The number of rotatable bonds is 4. The monoisotopic (exact) mass is 374 g/mol. The van der Waals surface area contributed by atoms with Gasteiger partial charge >= 0.3 is 6.16 Å². The predicted octanol–water partition coefficient (Wildman–Crippen LogP) is 5.22. The van der Waals surface area contributed by atoms with Crippen LogP contribution in [0.5, 0.6) is 11.5 Å². The number of benzene rings is 2. The lowest BCUT2D eigenvalue weighted by atomic mass is 10.0. The van der Waals surface area contributed by atoms with E-state index in [-0.39, 0.29) is 11.4 Å². The molecule has 2 N–H and O–H groups in total. The third kappa shape index (κ3) is 5.12. The van der Waals surface area contributed by atoms with Gasteiger partial charge in [0.05, 0.1) is 0 Å². The summed E-state index contributed by atoms with van der Waals surface area (Å²) >= 11 is 0. The van der Waals surface area contributed by atoms with E-state index in [4.69, 9.17) is 24.5 Å². The van der Waals surface area contributed by atoms with Crippen molar-refractivity contribution in [1.82, 2.24) is 0 Å². The molecule has 4 rings (SSSR count). The lowest BCUT2D eigenvalue weighted by Gasteiger charge is -2.18. The van der Waals surface area contributed by atoms with E-state index in [0.29, 0.717) is 6.61 Å². The highest BCUT2D eigenvalue weighted by atomic mass is 19.1. The molecule has 0 spiro atoms. The molecule has 144 valence electrons. The molecule has 1 aliphatic heterocycles. The molecule has 0 bridgehead atoms. The average molecular weight is 374 g/mol. The second-order valence-electron chi connectivity index (χ2n) is 7.51. The molecule has 0 amide bonds. The van der Waals surface area contributed by atoms with Gasteiger partial charge < -0.3 is 19.7 Å². The molecule has 0 aromatic heterocycles. The van der Waals surface area contributed by atoms with Gasteiger partial charge in [-0.15, -0.1) is 0 Å². The minimum atomic E-state index is -1.83. The molecule has 0 atom stereocenters. The lowest BCUT2D eigenvalue weighted by Crippen LogP contribution is -2.25. The van der Waals surface area contributed by atoms with Crippen LogP contribution in [0.15, 0.2) is 36.4 Å². The summed E-state index contributed by atoms with van der Waals surface area (Å²) in [7, 11) is 0. The van der Waals surface area contributed by atoms with Crippen molar-refractivity contribution in [3.05, 3.63) is 58.9 Å². The standard InChI is InChI=1S/C20H21FO2.CH2O3/c1-20(2)11-15-9-17(21)10-16(19(15)23-20)12-22-18-7-5-14(6-8-18)13-3-4-13;2-1(3)4/h5-10,13H,3-4,11-12H2,1-2H3;(H2,2,3,4). The van der Waals surface area contributed by atoms with Crippen LogP contribution in [0.25, 0.3) is 0 Å². The van der Waals surface area contributed by atoms with Crippen LogP contribution in [-0.4, -0.2) is 22.0 Å². The van der Waals surface area contributed by atoms with Crippen LogP contribution in [0.3, 0.4) is 0 Å². The van der Waals surface area contributed by atoms with E-state index in [1.54, 1.807) is 6.07 Å². The first-order chi connectivity index (χ1) is 12.7. The van der Waals surface area contributed by atoms with E-state index >= 15 is 0 Å². The van der Waals surface area contributed by atoms with Gasteiger partial charge in [-0.3, -0.25) is 0 Å². The Morgan fingerprint density at radius 3 is 2.44 bits per heavy atom. The van der Waals surface area contributed by atoms with Crippen molar-refractivity contribution in [2.45, 2.75) is 51.2 Å². The molecule has 2 aliphatic rings. The summed E-state index contributed by atoms with van der Waals surface area (Å²) in [5.74, 6) is 2.11. The second kappa shape index (κ2) is 7.47. The van der Waals surface area contributed by atoms with Crippen molar-refractivity contribution in [2.24, 2.45) is 0 Å². The molecule has 0 saturated heterocycles. The molecule has 0 unspecified atom stereocenters. The Labute approximate surface area is 157 Å². The normalized spacial score (nSPS) is 16.6. The van der Waals surface area contributed by atoms with Crippen LogP contribution >= 0.6 is 0 Å². The number of hydrogen-bond donors (Lipinski definition) is 2. The van der Waals surface area contributed by atoms with Gasteiger partial charge in [-0.2, -0.15) is 0 Å². The van der Waals surface area contributed by atoms with E-state index in [1.807, 2.05) is 26.0 Å². The molecule has 1 heterocycles. The maximum Gasteiger partial charge on any atom is 0.503 e. The van der Waals surface area contributed by atoms with Gasteiger partial charge in [0, 0.05) is 17.5 Å².